The van der Waals surface area contributed by atoms with Gasteiger partial charge in [0.25, 0.3) is 11.7 Å². The zero-order valence-electron chi connectivity index (χ0n) is 16.6. The molecule has 1 spiro atoms. The SMILES string of the molecule is Cc1cc(CSc2ccccc2C(=O)Nc2ccc3c(c2)OC2(CCCC2)O3)no1. The van der Waals surface area contributed by atoms with Crippen molar-refractivity contribution in [2.24, 2.45) is 0 Å². The van der Waals surface area contributed by atoms with Crippen LogP contribution in [0.15, 0.2) is 57.9 Å². The molecule has 3 aromatic rings. The van der Waals surface area contributed by atoms with Gasteiger partial charge in [-0.25, -0.2) is 0 Å². The molecule has 2 aromatic carbocycles. The highest BCUT2D eigenvalue weighted by atomic mass is 32.2. The summed E-state index contributed by atoms with van der Waals surface area (Å²) in [6, 6.07) is 15.0. The molecule has 1 saturated carbocycles. The number of ether oxygens (including phenoxy) is 2. The van der Waals surface area contributed by atoms with Gasteiger partial charge in [0, 0.05) is 41.3 Å². The van der Waals surface area contributed by atoms with Crippen molar-refractivity contribution < 1.29 is 18.8 Å². The second-order valence-corrected chi connectivity index (χ2v) is 8.67. The van der Waals surface area contributed by atoms with E-state index in [4.69, 9.17) is 14.0 Å². The lowest BCUT2D eigenvalue weighted by Crippen LogP contribution is -2.34. The Balaban J connectivity index is 1.29. The fourth-order valence-electron chi connectivity index (χ4n) is 3.91. The number of carbonyl (C=O) groups excluding carboxylic acids is 1. The van der Waals surface area contributed by atoms with Crippen molar-refractivity contribution in [3.63, 3.8) is 0 Å². The van der Waals surface area contributed by atoms with Gasteiger partial charge in [0.05, 0.1) is 11.3 Å². The van der Waals surface area contributed by atoms with E-state index in [2.05, 4.69) is 10.5 Å². The third-order valence-corrected chi connectivity index (χ3v) is 6.45. The number of hydrogen-bond donors (Lipinski definition) is 1. The minimum absolute atomic E-state index is 0.163. The number of thioether (sulfide) groups is 1. The molecule has 1 amide bonds. The maximum Gasteiger partial charge on any atom is 0.256 e. The van der Waals surface area contributed by atoms with Crippen LogP contribution in [0.2, 0.25) is 0 Å². The van der Waals surface area contributed by atoms with Gasteiger partial charge in [-0.3, -0.25) is 4.79 Å². The molecule has 5 rings (SSSR count). The molecule has 6 nitrogen and oxygen atoms in total. The van der Waals surface area contributed by atoms with Gasteiger partial charge in [-0.15, -0.1) is 11.8 Å². The predicted molar refractivity (Wildman–Crippen MR) is 114 cm³/mol. The first-order chi connectivity index (χ1) is 14.6. The zero-order chi connectivity index (χ0) is 20.6. The van der Waals surface area contributed by atoms with Gasteiger partial charge in [-0.1, -0.05) is 17.3 Å². The number of rotatable bonds is 5. The molecule has 2 heterocycles. The van der Waals surface area contributed by atoms with Crippen molar-refractivity contribution in [3.05, 3.63) is 65.5 Å². The van der Waals surface area contributed by atoms with E-state index >= 15 is 0 Å². The zero-order valence-corrected chi connectivity index (χ0v) is 17.5. The summed E-state index contributed by atoms with van der Waals surface area (Å²) in [5, 5.41) is 7.00. The Labute approximate surface area is 178 Å². The summed E-state index contributed by atoms with van der Waals surface area (Å²) >= 11 is 1.56. The van der Waals surface area contributed by atoms with Gasteiger partial charge in [0.1, 0.15) is 5.76 Å². The molecule has 0 bridgehead atoms. The van der Waals surface area contributed by atoms with Crippen molar-refractivity contribution >= 4 is 23.4 Å². The van der Waals surface area contributed by atoms with Crippen LogP contribution in [0.1, 0.15) is 47.5 Å². The number of carbonyl (C=O) groups is 1. The minimum atomic E-state index is -0.506. The van der Waals surface area contributed by atoms with Crippen LogP contribution in [0.4, 0.5) is 5.69 Å². The van der Waals surface area contributed by atoms with E-state index in [-0.39, 0.29) is 5.91 Å². The molecule has 1 aliphatic heterocycles. The van der Waals surface area contributed by atoms with E-state index in [0.717, 1.165) is 47.8 Å². The molecule has 154 valence electrons. The smallest absolute Gasteiger partial charge is 0.256 e. The third kappa shape index (κ3) is 3.77. The number of amides is 1. The first-order valence-electron chi connectivity index (χ1n) is 10.1. The predicted octanol–water partition coefficient (Wildman–Crippen LogP) is 5.57. The lowest BCUT2D eigenvalue weighted by Gasteiger charge is -2.21. The summed E-state index contributed by atoms with van der Waals surface area (Å²) < 4.78 is 17.3. The fourth-order valence-corrected chi connectivity index (χ4v) is 4.84. The van der Waals surface area contributed by atoms with Crippen molar-refractivity contribution in [3.8, 4) is 11.5 Å². The topological polar surface area (TPSA) is 73.6 Å². The van der Waals surface area contributed by atoms with Gasteiger partial charge in [0.15, 0.2) is 11.5 Å². The number of fused-ring (bicyclic) bond motifs is 1. The summed E-state index contributed by atoms with van der Waals surface area (Å²) in [4.78, 5) is 13.9. The van der Waals surface area contributed by atoms with Crippen molar-refractivity contribution in [1.29, 1.82) is 0 Å². The highest BCUT2D eigenvalue weighted by Gasteiger charge is 2.44. The van der Waals surface area contributed by atoms with Crippen LogP contribution in [0.5, 0.6) is 11.5 Å². The number of aryl methyl sites for hydroxylation is 1. The maximum atomic E-state index is 13.0. The van der Waals surface area contributed by atoms with Crippen molar-refractivity contribution in [1.82, 2.24) is 5.16 Å². The van der Waals surface area contributed by atoms with Gasteiger partial charge < -0.3 is 19.3 Å². The molecule has 2 aliphatic rings. The Morgan fingerprint density at radius 3 is 2.70 bits per heavy atom. The maximum absolute atomic E-state index is 13.0. The molecule has 1 aromatic heterocycles. The van der Waals surface area contributed by atoms with Crippen LogP contribution >= 0.6 is 11.8 Å². The van der Waals surface area contributed by atoms with E-state index in [1.165, 1.54) is 0 Å². The molecule has 1 N–H and O–H groups in total. The minimum Gasteiger partial charge on any atom is -0.448 e. The lowest BCUT2D eigenvalue weighted by atomic mass is 10.2. The van der Waals surface area contributed by atoms with Crippen LogP contribution < -0.4 is 14.8 Å². The second kappa shape index (κ2) is 7.72. The van der Waals surface area contributed by atoms with E-state index < -0.39 is 5.79 Å². The van der Waals surface area contributed by atoms with Gasteiger partial charge in [-0.05, 0) is 44.0 Å². The Morgan fingerprint density at radius 1 is 1.10 bits per heavy atom. The van der Waals surface area contributed by atoms with Gasteiger partial charge in [-0.2, -0.15) is 0 Å². The molecule has 0 unspecified atom stereocenters. The normalized spacial score (nSPS) is 16.2. The Morgan fingerprint density at radius 2 is 1.90 bits per heavy atom. The summed E-state index contributed by atoms with van der Waals surface area (Å²) in [5.74, 6) is 2.18. The highest BCUT2D eigenvalue weighted by Crippen LogP contribution is 2.47. The molecule has 0 radical (unpaired) electrons. The monoisotopic (exact) mass is 422 g/mol. The Hall–Kier alpha value is -2.93. The molecular weight excluding hydrogens is 400 g/mol. The van der Waals surface area contributed by atoms with Crippen LogP contribution in [-0.2, 0) is 5.75 Å². The lowest BCUT2D eigenvalue weighted by molar-refractivity contribution is -0.0716. The van der Waals surface area contributed by atoms with E-state index in [0.29, 0.717) is 22.8 Å². The number of hydrogen-bond acceptors (Lipinski definition) is 6. The number of benzene rings is 2. The first kappa shape index (κ1) is 19.1. The van der Waals surface area contributed by atoms with Gasteiger partial charge >= 0.3 is 0 Å². The number of nitrogens with zero attached hydrogens (tertiary/aromatic N) is 1. The van der Waals surface area contributed by atoms with E-state index in [1.54, 1.807) is 11.8 Å². The molecule has 1 fully saturated rings. The van der Waals surface area contributed by atoms with Gasteiger partial charge in [0.2, 0.25) is 0 Å². The van der Waals surface area contributed by atoms with Crippen LogP contribution in [0, 0.1) is 6.92 Å². The number of aromatic nitrogens is 1. The average molecular weight is 423 g/mol. The Kier molecular flexibility index (Phi) is 4.90. The van der Waals surface area contributed by atoms with Crippen molar-refractivity contribution in [2.45, 2.75) is 49.0 Å². The quantitative estimate of drug-likeness (QED) is 0.542. The number of nitrogens with one attached hydrogen (secondary N) is 1. The molecular formula is C23H22N2O4S. The van der Waals surface area contributed by atoms with Crippen LogP contribution in [0.25, 0.3) is 0 Å². The summed E-state index contributed by atoms with van der Waals surface area (Å²) in [5.41, 5.74) is 2.15. The molecule has 0 atom stereocenters. The molecule has 0 saturated heterocycles. The molecule has 30 heavy (non-hydrogen) atoms. The van der Waals surface area contributed by atoms with E-state index in [9.17, 15) is 4.79 Å². The van der Waals surface area contributed by atoms with E-state index in [1.807, 2.05) is 55.5 Å². The van der Waals surface area contributed by atoms with Crippen molar-refractivity contribution in [2.75, 3.05) is 5.32 Å². The standard InChI is InChI=1S/C23H22N2O4S/c1-15-12-17(25-29-15)14-30-21-7-3-2-6-18(21)22(26)24-16-8-9-19-20(13-16)28-23(27-19)10-4-5-11-23/h2-3,6-9,12-13H,4-5,10-11,14H2,1H3,(H,24,26). The molecule has 1 aliphatic carbocycles. The first-order valence-corrected chi connectivity index (χ1v) is 11.1. The Bertz CT molecular complexity index is 1090. The summed E-state index contributed by atoms with van der Waals surface area (Å²) in [6.45, 7) is 1.86. The molecule has 7 heteroatoms. The fraction of sp³-hybridized carbons (Fsp3) is 0.304. The average Bonchev–Trinajstić information content (AvgIpc) is 3.46. The highest BCUT2D eigenvalue weighted by molar-refractivity contribution is 7.98. The summed E-state index contributed by atoms with van der Waals surface area (Å²) in [7, 11) is 0. The largest absolute Gasteiger partial charge is 0.448 e. The summed E-state index contributed by atoms with van der Waals surface area (Å²) in [6.07, 6.45) is 4.03. The third-order valence-electron chi connectivity index (χ3n) is 5.34. The second-order valence-electron chi connectivity index (χ2n) is 7.65. The van der Waals surface area contributed by atoms with Crippen LogP contribution in [-0.4, -0.2) is 16.9 Å². The number of anilines is 1. The van der Waals surface area contributed by atoms with Crippen LogP contribution in [0.3, 0.4) is 0 Å².